The van der Waals surface area contributed by atoms with Gasteiger partial charge in [0.25, 0.3) is 5.91 Å². The van der Waals surface area contributed by atoms with E-state index in [2.05, 4.69) is 25.6 Å². The van der Waals surface area contributed by atoms with Gasteiger partial charge in [0.15, 0.2) is 17.4 Å². The molecule has 0 aliphatic carbocycles. The van der Waals surface area contributed by atoms with E-state index in [1.165, 1.54) is 6.26 Å². The number of hydrogen-bond donors (Lipinski definition) is 2. The first-order chi connectivity index (χ1) is 13.5. The molecule has 0 bridgehead atoms. The molecule has 2 N–H and O–H groups in total. The second kappa shape index (κ2) is 8.86. The lowest BCUT2D eigenvalue weighted by molar-refractivity contribution is -0.123. The van der Waals surface area contributed by atoms with Crippen LogP contribution >= 0.6 is 11.3 Å². The summed E-state index contributed by atoms with van der Waals surface area (Å²) in [7, 11) is 0. The van der Waals surface area contributed by atoms with Crippen LogP contribution in [0.25, 0.3) is 10.8 Å². The smallest absolute Gasteiger partial charge is 0.350 e. The van der Waals surface area contributed by atoms with E-state index >= 15 is 0 Å². The highest BCUT2D eigenvalue weighted by molar-refractivity contribution is 7.16. The van der Waals surface area contributed by atoms with Gasteiger partial charge >= 0.3 is 12.0 Å². The van der Waals surface area contributed by atoms with E-state index in [1.54, 1.807) is 37.5 Å². The maximum atomic E-state index is 12.2. The lowest BCUT2D eigenvalue weighted by Crippen LogP contribution is -2.41. The highest BCUT2D eigenvalue weighted by Crippen LogP contribution is 2.25. The summed E-state index contributed by atoms with van der Waals surface area (Å²) in [5, 5.41) is 4.96. The highest BCUT2D eigenvalue weighted by atomic mass is 32.1. The summed E-state index contributed by atoms with van der Waals surface area (Å²) in [6.07, 6.45) is 4.60. The first kappa shape index (κ1) is 19.2. The van der Waals surface area contributed by atoms with E-state index in [0.29, 0.717) is 22.3 Å². The quantitative estimate of drug-likeness (QED) is 0.596. The van der Waals surface area contributed by atoms with Crippen molar-refractivity contribution in [1.29, 1.82) is 0 Å². The van der Waals surface area contributed by atoms with Crippen LogP contribution in [0.5, 0.6) is 0 Å². The largest absolute Gasteiger partial charge is 0.467 e. The molecule has 3 heterocycles. The van der Waals surface area contributed by atoms with Crippen molar-refractivity contribution in [3.05, 3.63) is 53.2 Å². The van der Waals surface area contributed by atoms with Gasteiger partial charge in [-0.2, -0.15) is 0 Å². The van der Waals surface area contributed by atoms with E-state index in [9.17, 15) is 14.4 Å². The van der Waals surface area contributed by atoms with Gasteiger partial charge < -0.3 is 14.5 Å². The van der Waals surface area contributed by atoms with Crippen LogP contribution in [0, 0.1) is 6.92 Å². The first-order valence-corrected chi connectivity index (χ1v) is 8.86. The van der Waals surface area contributed by atoms with Gasteiger partial charge in [0.05, 0.1) is 18.5 Å². The molecule has 0 radical (unpaired) electrons. The predicted octanol–water partition coefficient (Wildman–Crippen LogP) is 1.68. The van der Waals surface area contributed by atoms with Crippen molar-refractivity contribution in [3.8, 4) is 10.8 Å². The van der Waals surface area contributed by atoms with Gasteiger partial charge in [-0.1, -0.05) is 0 Å². The molecule has 11 heteroatoms. The van der Waals surface area contributed by atoms with Crippen LogP contribution in [-0.2, 0) is 16.1 Å². The third-order valence-corrected chi connectivity index (χ3v) is 4.46. The van der Waals surface area contributed by atoms with Gasteiger partial charge in [-0.05, 0) is 25.1 Å². The molecule has 0 aromatic carbocycles. The molecule has 3 aromatic rings. The molecule has 3 amide bonds. The standard InChI is InChI=1S/C17H15N5O5S/c1-10-13(28-15(21-10)14-18-5-3-6-19-14)16(24)27-9-12(23)22-17(25)20-8-11-4-2-7-26-11/h2-7H,8-9H2,1H3,(H2,20,22,23,25). The van der Waals surface area contributed by atoms with Gasteiger partial charge in [-0.15, -0.1) is 11.3 Å². The zero-order valence-electron chi connectivity index (χ0n) is 14.7. The monoisotopic (exact) mass is 401 g/mol. The Morgan fingerprint density at radius 1 is 1.21 bits per heavy atom. The van der Waals surface area contributed by atoms with Crippen LogP contribution in [0.2, 0.25) is 0 Å². The van der Waals surface area contributed by atoms with Crippen molar-refractivity contribution < 1.29 is 23.5 Å². The normalized spacial score (nSPS) is 10.3. The number of nitrogens with one attached hydrogen (secondary N) is 2. The van der Waals surface area contributed by atoms with Gasteiger partial charge in [-0.25, -0.2) is 24.5 Å². The zero-order valence-corrected chi connectivity index (χ0v) is 15.5. The first-order valence-electron chi connectivity index (χ1n) is 8.05. The number of imide groups is 1. The topological polar surface area (TPSA) is 136 Å². The maximum Gasteiger partial charge on any atom is 0.350 e. The van der Waals surface area contributed by atoms with Gasteiger partial charge in [0.1, 0.15) is 10.6 Å². The summed E-state index contributed by atoms with van der Waals surface area (Å²) < 4.78 is 10.0. The zero-order chi connectivity index (χ0) is 19.9. The third-order valence-electron chi connectivity index (χ3n) is 3.33. The fraction of sp³-hybridized carbons (Fsp3) is 0.176. The van der Waals surface area contributed by atoms with Crippen LogP contribution in [0.4, 0.5) is 4.79 Å². The molecule has 10 nitrogen and oxygen atoms in total. The summed E-state index contributed by atoms with van der Waals surface area (Å²) >= 11 is 1.06. The number of furan rings is 1. The summed E-state index contributed by atoms with van der Waals surface area (Å²) in [4.78, 5) is 48.2. The summed E-state index contributed by atoms with van der Waals surface area (Å²) in [6.45, 7) is 1.15. The lowest BCUT2D eigenvalue weighted by atomic mass is 10.4. The number of urea groups is 1. The Morgan fingerprint density at radius 2 is 2.00 bits per heavy atom. The number of hydrogen-bond acceptors (Lipinski definition) is 9. The molecule has 0 atom stereocenters. The Kier molecular flexibility index (Phi) is 6.07. The van der Waals surface area contributed by atoms with Gasteiger partial charge in [-0.3, -0.25) is 10.1 Å². The maximum absolute atomic E-state index is 12.2. The van der Waals surface area contributed by atoms with E-state index in [0.717, 1.165) is 11.3 Å². The molecule has 0 saturated carbocycles. The van der Waals surface area contributed by atoms with Crippen molar-refractivity contribution in [2.75, 3.05) is 6.61 Å². The SMILES string of the molecule is Cc1nc(-c2ncccn2)sc1C(=O)OCC(=O)NC(=O)NCc1ccco1. The number of esters is 1. The number of ether oxygens (including phenoxy) is 1. The number of rotatable bonds is 6. The molecule has 3 aromatic heterocycles. The molecule has 0 spiro atoms. The highest BCUT2D eigenvalue weighted by Gasteiger charge is 2.20. The average molecular weight is 401 g/mol. The van der Waals surface area contributed by atoms with Crippen molar-refractivity contribution in [2.45, 2.75) is 13.5 Å². The van der Waals surface area contributed by atoms with E-state index in [4.69, 9.17) is 9.15 Å². The van der Waals surface area contributed by atoms with Crippen LogP contribution < -0.4 is 10.6 Å². The van der Waals surface area contributed by atoms with Crippen molar-refractivity contribution in [1.82, 2.24) is 25.6 Å². The Bertz CT molecular complexity index is 971. The molecule has 0 saturated heterocycles. The fourth-order valence-electron chi connectivity index (χ4n) is 2.08. The minimum Gasteiger partial charge on any atom is -0.467 e. The van der Waals surface area contributed by atoms with Crippen molar-refractivity contribution in [3.63, 3.8) is 0 Å². The van der Waals surface area contributed by atoms with Crippen LogP contribution in [0.15, 0.2) is 41.3 Å². The number of aryl methyl sites for hydroxylation is 1. The molecular formula is C17H15N5O5S. The number of carbonyl (C=O) groups is 3. The molecule has 3 rings (SSSR count). The summed E-state index contributed by atoms with van der Waals surface area (Å²) in [5.41, 5.74) is 0.439. The van der Waals surface area contributed by atoms with E-state index in [1.807, 2.05) is 0 Å². The van der Waals surface area contributed by atoms with Gasteiger partial charge in [0.2, 0.25) is 0 Å². The third kappa shape index (κ3) is 4.98. The molecule has 144 valence electrons. The molecule has 0 unspecified atom stereocenters. The average Bonchev–Trinajstić information content (AvgIpc) is 3.35. The minimum atomic E-state index is -0.765. The fourth-order valence-corrected chi connectivity index (χ4v) is 2.98. The lowest BCUT2D eigenvalue weighted by Gasteiger charge is -2.06. The van der Waals surface area contributed by atoms with E-state index < -0.39 is 24.5 Å². The van der Waals surface area contributed by atoms with Crippen LogP contribution in [-0.4, -0.2) is 39.5 Å². The van der Waals surface area contributed by atoms with Crippen LogP contribution in [0.3, 0.4) is 0 Å². The molecular weight excluding hydrogens is 386 g/mol. The summed E-state index contributed by atoms with van der Waals surface area (Å²) in [5.74, 6) is -0.559. The Balaban J connectivity index is 1.49. The van der Waals surface area contributed by atoms with Crippen molar-refractivity contribution in [2.24, 2.45) is 0 Å². The second-order valence-electron chi connectivity index (χ2n) is 5.39. The summed E-state index contributed by atoms with van der Waals surface area (Å²) in [6, 6.07) is 4.30. The molecule has 0 aliphatic heterocycles. The molecule has 0 fully saturated rings. The number of nitrogens with zero attached hydrogens (tertiary/aromatic N) is 3. The number of carbonyl (C=O) groups excluding carboxylic acids is 3. The predicted molar refractivity (Wildman–Crippen MR) is 97.2 cm³/mol. The Morgan fingerprint density at radius 3 is 2.71 bits per heavy atom. The Hall–Kier alpha value is -3.60. The van der Waals surface area contributed by atoms with Crippen molar-refractivity contribution >= 4 is 29.2 Å². The minimum absolute atomic E-state index is 0.121. The number of thiazole rings is 1. The van der Waals surface area contributed by atoms with Crippen LogP contribution in [0.1, 0.15) is 21.1 Å². The molecule has 28 heavy (non-hydrogen) atoms. The van der Waals surface area contributed by atoms with E-state index in [-0.39, 0.29) is 11.4 Å². The Labute approximate surface area is 163 Å². The number of aromatic nitrogens is 3. The second-order valence-corrected chi connectivity index (χ2v) is 6.39. The molecule has 0 aliphatic rings. The number of amides is 3. The van der Waals surface area contributed by atoms with Gasteiger partial charge in [0, 0.05) is 12.4 Å².